The van der Waals surface area contributed by atoms with Gasteiger partial charge in [-0.1, -0.05) is 60.7 Å². The van der Waals surface area contributed by atoms with E-state index in [2.05, 4.69) is 0 Å². The van der Waals surface area contributed by atoms with Crippen LogP contribution in [-0.4, -0.2) is 17.5 Å². The molecule has 1 aliphatic heterocycles. The number of fused-ring (bicyclic) bond motifs is 1. The molecule has 0 aromatic heterocycles. The Morgan fingerprint density at radius 1 is 0.969 bits per heavy atom. The second kappa shape index (κ2) is 8.58. The Bertz CT molecular complexity index is 1120. The predicted octanol–water partition coefficient (Wildman–Crippen LogP) is 5.58. The van der Waals surface area contributed by atoms with Crippen LogP contribution in [0.15, 0.2) is 78.9 Å². The Kier molecular flexibility index (Phi) is 5.83. The summed E-state index contributed by atoms with van der Waals surface area (Å²) < 4.78 is 19.3. The molecule has 5 heteroatoms. The van der Waals surface area contributed by atoms with Gasteiger partial charge in [-0.25, -0.2) is 4.39 Å². The molecule has 2 atom stereocenters. The first-order chi connectivity index (χ1) is 15.2. The van der Waals surface area contributed by atoms with Crippen molar-refractivity contribution in [2.24, 2.45) is 0 Å². The summed E-state index contributed by atoms with van der Waals surface area (Å²) >= 11 is 0. The SMILES string of the molecule is CC(C)(C)OC(=O)C(c1ccc(F)cc1)C1C(=O)N(Cc2ccccc2)c2ccccc21. The third-order valence-electron chi connectivity index (χ3n) is 5.50. The Hall–Kier alpha value is -3.47. The van der Waals surface area contributed by atoms with Gasteiger partial charge < -0.3 is 9.64 Å². The smallest absolute Gasteiger partial charge is 0.315 e. The molecule has 2 unspecified atom stereocenters. The molecular weight excluding hydrogens is 405 g/mol. The number of carbonyl (C=O) groups is 2. The van der Waals surface area contributed by atoms with Gasteiger partial charge in [0.25, 0.3) is 0 Å². The predicted molar refractivity (Wildman–Crippen MR) is 122 cm³/mol. The summed E-state index contributed by atoms with van der Waals surface area (Å²) in [5, 5.41) is 0. The third kappa shape index (κ3) is 4.42. The summed E-state index contributed by atoms with van der Waals surface area (Å²) in [6, 6.07) is 23.0. The van der Waals surface area contributed by atoms with Gasteiger partial charge in [-0.15, -0.1) is 0 Å². The third-order valence-corrected chi connectivity index (χ3v) is 5.50. The van der Waals surface area contributed by atoms with E-state index in [1.807, 2.05) is 54.6 Å². The largest absolute Gasteiger partial charge is 0.459 e. The second-order valence-electron chi connectivity index (χ2n) is 9.01. The molecule has 4 nitrogen and oxygen atoms in total. The standard InChI is InChI=1S/C27H26FNO3/c1-27(2,3)32-26(31)23(19-13-15-20(28)16-14-19)24-21-11-7-8-12-22(21)29(25(24)30)17-18-9-5-4-6-10-18/h4-16,23-24H,17H2,1-3H3. The minimum absolute atomic E-state index is 0.171. The van der Waals surface area contributed by atoms with E-state index in [1.54, 1.807) is 37.8 Å². The fraction of sp³-hybridized carbons (Fsp3) is 0.259. The first-order valence-electron chi connectivity index (χ1n) is 10.7. The fourth-order valence-corrected chi connectivity index (χ4v) is 4.17. The number of hydrogen-bond acceptors (Lipinski definition) is 3. The number of esters is 1. The normalized spacial score (nSPS) is 16.6. The Morgan fingerprint density at radius 2 is 1.59 bits per heavy atom. The number of amides is 1. The second-order valence-corrected chi connectivity index (χ2v) is 9.01. The van der Waals surface area contributed by atoms with Crippen LogP contribution < -0.4 is 4.90 Å². The van der Waals surface area contributed by atoms with Crippen molar-refractivity contribution in [2.45, 2.75) is 44.8 Å². The van der Waals surface area contributed by atoms with Crippen LogP contribution in [-0.2, 0) is 20.9 Å². The molecule has 1 amide bonds. The zero-order valence-corrected chi connectivity index (χ0v) is 18.4. The highest BCUT2D eigenvalue weighted by Gasteiger charge is 2.46. The molecule has 164 valence electrons. The molecule has 0 fully saturated rings. The quantitative estimate of drug-likeness (QED) is 0.496. The molecule has 32 heavy (non-hydrogen) atoms. The number of halogens is 1. The highest BCUT2D eigenvalue weighted by Crippen LogP contribution is 2.46. The highest BCUT2D eigenvalue weighted by molar-refractivity contribution is 6.08. The van der Waals surface area contributed by atoms with E-state index in [4.69, 9.17) is 4.74 Å². The zero-order valence-electron chi connectivity index (χ0n) is 18.4. The van der Waals surface area contributed by atoms with Gasteiger partial charge in [0.05, 0.1) is 18.4 Å². The summed E-state index contributed by atoms with van der Waals surface area (Å²) in [5.41, 5.74) is 2.37. The van der Waals surface area contributed by atoms with Crippen LogP contribution in [0.3, 0.4) is 0 Å². The van der Waals surface area contributed by atoms with E-state index in [0.717, 1.165) is 16.8 Å². The molecule has 0 saturated heterocycles. The Morgan fingerprint density at radius 3 is 2.25 bits per heavy atom. The summed E-state index contributed by atoms with van der Waals surface area (Å²) in [6.07, 6.45) is 0. The lowest BCUT2D eigenvalue weighted by Gasteiger charge is -2.27. The van der Waals surface area contributed by atoms with Crippen molar-refractivity contribution in [3.05, 3.63) is 101 Å². The van der Waals surface area contributed by atoms with E-state index < -0.39 is 29.2 Å². The molecule has 0 spiro atoms. The maximum atomic E-state index is 13.8. The van der Waals surface area contributed by atoms with Gasteiger partial charge in [0.15, 0.2) is 0 Å². The fourth-order valence-electron chi connectivity index (χ4n) is 4.17. The van der Waals surface area contributed by atoms with E-state index in [1.165, 1.54) is 12.1 Å². The molecule has 0 bridgehead atoms. The first kappa shape index (κ1) is 21.8. The van der Waals surface area contributed by atoms with Crippen molar-refractivity contribution < 1.29 is 18.7 Å². The van der Waals surface area contributed by atoms with E-state index in [9.17, 15) is 14.0 Å². The maximum absolute atomic E-state index is 13.8. The van der Waals surface area contributed by atoms with Crippen LogP contribution in [0.2, 0.25) is 0 Å². The maximum Gasteiger partial charge on any atom is 0.315 e. The molecule has 0 radical (unpaired) electrons. The average molecular weight is 432 g/mol. The van der Waals surface area contributed by atoms with Crippen LogP contribution in [0.25, 0.3) is 0 Å². The van der Waals surface area contributed by atoms with Crippen molar-refractivity contribution in [1.82, 2.24) is 0 Å². The molecule has 4 rings (SSSR count). The van der Waals surface area contributed by atoms with Crippen molar-refractivity contribution in [1.29, 1.82) is 0 Å². The number of anilines is 1. The van der Waals surface area contributed by atoms with Crippen molar-refractivity contribution in [3.63, 3.8) is 0 Å². The molecule has 3 aromatic rings. The van der Waals surface area contributed by atoms with E-state index in [-0.39, 0.29) is 5.91 Å². The Balaban J connectivity index is 1.78. The number of carbonyl (C=O) groups excluding carboxylic acids is 2. The molecular formula is C27H26FNO3. The minimum atomic E-state index is -0.885. The van der Waals surface area contributed by atoms with Crippen molar-refractivity contribution in [3.8, 4) is 0 Å². The molecule has 1 heterocycles. The monoisotopic (exact) mass is 431 g/mol. The van der Waals surface area contributed by atoms with Gasteiger partial charge in [0.2, 0.25) is 5.91 Å². The van der Waals surface area contributed by atoms with Crippen LogP contribution in [0.1, 0.15) is 49.3 Å². The van der Waals surface area contributed by atoms with Crippen molar-refractivity contribution >= 4 is 17.6 Å². The number of hydrogen-bond donors (Lipinski definition) is 0. The van der Waals surface area contributed by atoms with Crippen LogP contribution >= 0.6 is 0 Å². The summed E-state index contributed by atoms with van der Waals surface area (Å²) in [6.45, 7) is 5.77. The molecule has 1 aliphatic rings. The molecule has 0 N–H and O–H groups in total. The lowest BCUT2D eigenvalue weighted by atomic mass is 9.82. The summed E-state index contributed by atoms with van der Waals surface area (Å²) in [4.78, 5) is 28.8. The number of nitrogens with zero attached hydrogens (tertiary/aromatic N) is 1. The number of para-hydroxylation sites is 1. The van der Waals surface area contributed by atoms with Crippen LogP contribution in [0.4, 0.5) is 10.1 Å². The Labute approximate surface area is 187 Å². The van der Waals surface area contributed by atoms with Crippen LogP contribution in [0.5, 0.6) is 0 Å². The van der Waals surface area contributed by atoms with Gasteiger partial charge in [-0.3, -0.25) is 9.59 Å². The number of benzene rings is 3. The van der Waals surface area contributed by atoms with E-state index >= 15 is 0 Å². The molecule has 3 aromatic carbocycles. The van der Waals surface area contributed by atoms with Crippen molar-refractivity contribution in [2.75, 3.05) is 4.90 Å². The number of rotatable bonds is 5. The molecule has 0 saturated carbocycles. The van der Waals surface area contributed by atoms with Gasteiger partial charge >= 0.3 is 5.97 Å². The van der Waals surface area contributed by atoms with Gasteiger partial charge in [0, 0.05) is 5.69 Å². The van der Waals surface area contributed by atoms with Gasteiger partial charge in [-0.2, -0.15) is 0 Å². The summed E-state index contributed by atoms with van der Waals surface area (Å²) in [7, 11) is 0. The zero-order chi connectivity index (χ0) is 22.9. The number of ether oxygens (including phenoxy) is 1. The highest BCUT2D eigenvalue weighted by atomic mass is 19.1. The van der Waals surface area contributed by atoms with Crippen LogP contribution in [0, 0.1) is 5.82 Å². The average Bonchev–Trinajstić information content (AvgIpc) is 3.01. The minimum Gasteiger partial charge on any atom is -0.459 e. The lowest BCUT2D eigenvalue weighted by molar-refractivity contribution is -0.158. The van der Waals surface area contributed by atoms with Gasteiger partial charge in [-0.05, 0) is 55.7 Å². The lowest BCUT2D eigenvalue weighted by Crippen LogP contribution is -2.35. The first-order valence-corrected chi connectivity index (χ1v) is 10.7. The van der Waals surface area contributed by atoms with Gasteiger partial charge in [0.1, 0.15) is 11.4 Å². The topological polar surface area (TPSA) is 46.6 Å². The molecule has 0 aliphatic carbocycles. The van der Waals surface area contributed by atoms with E-state index in [0.29, 0.717) is 12.1 Å². The summed E-state index contributed by atoms with van der Waals surface area (Å²) in [5.74, 6) is -2.71.